The highest BCUT2D eigenvalue weighted by molar-refractivity contribution is 14.1. The molecule has 1 aromatic carbocycles. The Bertz CT molecular complexity index is 727. The van der Waals surface area contributed by atoms with Gasteiger partial charge in [-0.3, -0.25) is 4.79 Å². The summed E-state index contributed by atoms with van der Waals surface area (Å²) in [7, 11) is 1.61. The third kappa shape index (κ3) is 5.81. The minimum atomic E-state index is -0.782. The van der Waals surface area contributed by atoms with E-state index in [-0.39, 0.29) is 11.4 Å². The van der Waals surface area contributed by atoms with E-state index in [2.05, 4.69) is 43.4 Å². The zero-order chi connectivity index (χ0) is 23.3. The lowest BCUT2D eigenvalue weighted by Gasteiger charge is -2.42. The maximum Gasteiger partial charge on any atom is 0.313 e. The molecule has 0 fully saturated rings. The fourth-order valence-corrected chi connectivity index (χ4v) is 3.94. The van der Waals surface area contributed by atoms with Gasteiger partial charge in [0.25, 0.3) is 0 Å². The summed E-state index contributed by atoms with van der Waals surface area (Å²) < 4.78 is 24.1. The number of carbonyl (C=O) groups excluding carboxylic acids is 1. The second-order valence-corrected chi connectivity index (χ2v) is 10.2. The highest BCUT2D eigenvalue weighted by Gasteiger charge is 2.46. The standard InChI is InChI=1S/C24H39IO5/c1-11-23(8,22(5,6)7)21(26)30-24(9,12-2)17-14-18(25)20(19(15-17)27-10)29-16(4)28-13-3/h14-16H,11-13H2,1-10H3. The van der Waals surface area contributed by atoms with Crippen molar-refractivity contribution < 1.29 is 23.7 Å². The summed E-state index contributed by atoms with van der Waals surface area (Å²) in [5.41, 5.74) is -0.706. The smallest absolute Gasteiger partial charge is 0.313 e. The molecule has 0 radical (unpaired) electrons. The minimum Gasteiger partial charge on any atom is -0.493 e. The van der Waals surface area contributed by atoms with Crippen LogP contribution in [-0.2, 0) is 19.9 Å². The van der Waals surface area contributed by atoms with Crippen molar-refractivity contribution in [3.05, 3.63) is 21.3 Å². The number of esters is 1. The molecule has 0 aliphatic carbocycles. The van der Waals surface area contributed by atoms with E-state index in [0.717, 1.165) is 9.13 Å². The fraction of sp³-hybridized carbons (Fsp3) is 0.708. The van der Waals surface area contributed by atoms with Crippen LogP contribution in [0.2, 0.25) is 0 Å². The first-order valence-corrected chi connectivity index (χ1v) is 11.8. The third-order valence-corrected chi connectivity index (χ3v) is 7.13. The highest BCUT2D eigenvalue weighted by atomic mass is 127. The van der Waals surface area contributed by atoms with Crippen LogP contribution < -0.4 is 9.47 Å². The number of hydrogen-bond acceptors (Lipinski definition) is 5. The van der Waals surface area contributed by atoms with Crippen molar-refractivity contribution in [3.63, 3.8) is 0 Å². The van der Waals surface area contributed by atoms with Gasteiger partial charge in [0.1, 0.15) is 5.60 Å². The second-order valence-electron chi connectivity index (χ2n) is 9.04. The summed E-state index contributed by atoms with van der Waals surface area (Å²) in [5, 5.41) is 0. The molecule has 3 atom stereocenters. The van der Waals surface area contributed by atoms with E-state index in [1.165, 1.54) is 0 Å². The van der Waals surface area contributed by atoms with E-state index in [9.17, 15) is 4.79 Å². The Balaban J connectivity index is 3.35. The molecule has 0 saturated carbocycles. The van der Waals surface area contributed by atoms with Crippen LogP contribution >= 0.6 is 22.6 Å². The molecule has 0 bridgehead atoms. The Kier molecular flexibility index (Phi) is 9.48. The van der Waals surface area contributed by atoms with E-state index in [4.69, 9.17) is 18.9 Å². The maximum absolute atomic E-state index is 13.3. The van der Waals surface area contributed by atoms with Crippen LogP contribution in [0.4, 0.5) is 0 Å². The van der Waals surface area contributed by atoms with E-state index >= 15 is 0 Å². The van der Waals surface area contributed by atoms with Crippen molar-refractivity contribution >= 4 is 28.6 Å². The quantitative estimate of drug-likeness (QED) is 0.190. The van der Waals surface area contributed by atoms with Crippen molar-refractivity contribution in [1.82, 2.24) is 0 Å². The molecule has 6 heteroatoms. The molecule has 0 aromatic heterocycles. The molecule has 0 amide bonds. The molecule has 0 N–H and O–H groups in total. The van der Waals surface area contributed by atoms with Crippen molar-refractivity contribution in [3.8, 4) is 11.5 Å². The van der Waals surface area contributed by atoms with E-state index < -0.39 is 17.3 Å². The number of benzene rings is 1. The van der Waals surface area contributed by atoms with Gasteiger partial charge in [0.05, 0.1) is 16.1 Å². The van der Waals surface area contributed by atoms with Gasteiger partial charge >= 0.3 is 5.97 Å². The lowest BCUT2D eigenvalue weighted by molar-refractivity contribution is -0.179. The molecule has 30 heavy (non-hydrogen) atoms. The van der Waals surface area contributed by atoms with Crippen LogP contribution in [-0.4, -0.2) is 26.0 Å². The molecule has 0 heterocycles. The molecule has 0 saturated heterocycles. The number of carbonyl (C=O) groups is 1. The van der Waals surface area contributed by atoms with Crippen LogP contribution in [0.25, 0.3) is 0 Å². The molecule has 5 nitrogen and oxygen atoms in total. The van der Waals surface area contributed by atoms with Gasteiger partial charge in [-0.1, -0.05) is 34.6 Å². The highest BCUT2D eigenvalue weighted by Crippen LogP contribution is 2.45. The summed E-state index contributed by atoms with van der Waals surface area (Å²) >= 11 is 2.22. The Morgan fingerprint density at radius 3 is 2.10 bits per heavy atom. The number of rotatable bonds is 10. The predicted molar refractivity (Wildman–Crippen MR) is 129 cm³/mol. The molecular weight excluding hydrogens is 495 g/mol. The molecule has 172 valence electrons. The van der Waals surface area contributed by atoms with E-state index in [1.807, 2.05) is 53.7 Å². The first kappa shape index (κ1) is 27.0. The first-order valence-electron chi connectivity index (χ1n) is 10.7. The Labute approximate surface area is 196 Å². The van der Waals surface area contributed by atoms with Crippen LogP contribution in [0.1, 0.15) is 80.7 Å². The van der Waals surface area contributed by atoms with Crippen LogP contribution in [0.3, 0.4) is 0 Å². The van der Waals surface area contributed by atoms with Crippen molar-refractivity contribution in [2.75, 3.05) is 13.7 Å². The lowest BCUT2D eigenvalue weighted by atomic mass is 9.66. The van der Waals surface area contributed by atoms with Crippen LogP contribution in [0, 0.1) is 14.4 Å². The summed E-state index contributed by atoms with van der Waals surface area (Å²) in [5.74, 6) is 1.04. The van der Waals surface area contributed by atoms with Crippen LogP contribution in [0.5, 0.6) is 11.5 Å². The van der Waals surface area contributed by atoms with Crippen molar-refractivity contribution in [1.29, 1.82) is 0 Å². The van der Waals surface area contributed by atoms with Crippen molar-refractivity contribution in [2.24, 2.45) is 10.8 Å². The average Bonchev–Trinajstić information content (AvgIpc) is 2.67. The van der Waals surface area contributed by atoms with Gasteiger partial charge in [0.15, 0.2) is 17.8 Å². The average molecular weight is 534 g/mol. The van der Waals surface area contributed by atoms with E-state index in [1.54, 1.807) is 7.11 Å². The molecule has 0 spiro atoms. The monoisotopic (exact) mass is 534 g/mol. The Hall–Kier alpha value is -1.02. The minimum absolute atomic E-state index is 0.180. The Morgan fingerprint density at radius 1 is 1.07 bits per heavy atom. The third-order valence-electron chi connectivity index (χ3n) is 6.33. The van der Waals surface area contributed by atoms with Crippen molar-refractivity contribution in [2.45, 2.75) is 87.0 Å². The maximum atomic E-state index is 13.3. The molecule has 1 rings (SSSR count). The summed E-state index contributed by atoms with van der Waals surface area (Å²) in [6.45, 7) is 18.6. The molecule has 0 aliphatic rings. The fourth-order valence-electron chi connectivity index (χ4n) is 3.21. The van der Waals surface area contributed by atoms with Crippen LogP contribution in [0.15, 0.2) is 12.1 Å². The largest absolute Gasteiger partial charge is 0.493 e. The topological polar surface area (TPSA) is 54.0 Å². The number of halogens is 1. The second kappa shape index (κ2) is 10.5. The number of methoxy groups -OCH3 is 1. The van der Waals surface area contributed by atoms with Gasteiger partial charge < -0.3 is 18.9 Å². The van der Waals surface area contributed by atoms with Gasteiger partial charge in [-0.05, 0) is 80.7 Å². The molecule has 1 aromatic rings. The molecule has 3 unspecified atom stereocenters. The lowest BCUT2D eigenvalue weighted by Crippen LogP contribution is -2.44. The first-order chi connectivity index (χ1) is 13.8. The zero-order valence-corrected chi connectivity index (χ0v) is 22.4. The molecular formula is C24H39IO5. The van der Waals surface area contributed by atoms with Gasteiger partial charge in [-0.15, -0.1) is 0 Å². The van der Waals surface area contributed by atoms with E-state index in [0.29, 0.717) is 30.9 Å². The SMILES string of the molecule is CCOC(C)Oc1c(I)cc(C(C)(CC)OC(=O)C(C)(CC)C(C)(C)C)cc1OC. The summed E-state index contributed by atoms with van der Waals surface area (Å²) in [6, 6.07) is 3.89. The van der Waals surface area contributed by atoms with Gasteiger partial charge in [0.2, 0.25) is 0 Å². The van der Waals surface area contributed by atoms with Gasteiger partial charge in [-0.2, -0.15) is 0 Å². The number of hydrogen-bond donors (Lipinski definition) is 0. The van der Waals surface area contributed by atoms with Gasteiger partial charge in [0, 0.05) is 12.2 Å². The normalized spacial score (nSPS) is 16.9. The number of ether oxygens (including phenoxy) is 4. The van der Waals surface area contributed by atoms with Gasteiger partial charge in [-0.25, -0.2) is 0 Å². The summed E-state index contributed by atoms with van der Waals surface area (Å²) in [4.78, 5) is 13.3. The Morgan fingerprint density at radius 2 is 1.67 bits per heavy atom. The summed E-state index contributed by atoms with van der Waals surface area (Å²) in [6.07, 6.45) is 0.950. The molecule has 0 aliphatic heterocycles. The predicted octanol–water partition coefficient (Wildman–Crippen LogP) is 6.69. The zero-order valence-electron chi connectivity index (χ0n) is 20.3.